The van der Waals surface area contributed by atoms with Crippen LogP contribution in [0.5, 0.6) is 17.2 Å². The van der Waals surface area contributed by atoms with Gasteiger partial charge >= 0.3 is 0 Å². The minimum Gasteiger partial charge on any atom is -0.507 e. The Balaban J connectivity index is 1.56. The fourth-order valence-corrected chi connectivity index (χ4v) is 5.09. The fourth-order valence-electron chi connectivity index (χ4n) is 4.50. The molecule has 0 radical (unpaired) electrons. The number of benzene rings is 2. The number of hydrogen-bond donors (Lipinski definition) is 6. The molecule has 0 fully saturated rings. The number of nitrogen functional groups attached to an aromatic ring is 1. The molecule has 0 spiro atoms. The van der Waals surface area contributed by atoms with Gasteiger partial charge < -0.3 is 36.8 Å². The number of aromatic hydroxyl groups is 1. The smallest absolute Gasteiger partial charge is 0.255 e. The Morgan fingerprint density at radius 3 is 2.49 bits per heavy atom. The number of nitrogens with zero attached hydrogens (tertiary/aromatic N) is 1. The van der Waals surface area contributed by atoms with Crippen LogP contribution in [0.1, 0.15) is 48.8 Å². The summed E-state index contributed by atoms with van der Waals surface area (Å²) in [6.45, 7) is 5.36. The van der Waals surface area contributed by atoms with Crippen LogP contribution in [0.25, 0.3) is 0 Å². The third-order valence-corrected chi connectivity index (χ3v) is 7.63. The predicted octanol–water partition coefficient (Wildman–Crippen LogP) is 2.27. The second-order valence-electron chi connectivity index (χ2n) is 10.7. The van der Waals surface area contributed by atoms with Crippen LogP contribution in [-0.2, 0) is 27.2 Å². The van der Waals surface area contributed by atoms with E-state index < -0.39 is 35.8 Å². The van der Waals surface area contributed by atoms with E-state index in [1.165, 1.54) is 36.5 Å². The molecule has 2 aromatic carbocycles. The molecule has 0 saturated heterocycles. The van der Waals surface area contributed by atoms with E-state index in [1.54, 1.807) is 38.1 Å². The number of fused-ring (bicyclic) bond motifs is 11. The van der Waals surface area contributed by atoms with Crippen molar-refractivity contribution in [2.24, 2.45) is 5.92 Å². The largest absolute Gasteiger partial charge is 0.507 e. The summed E-state index contributed by atoms with van der Waals surface area (Å²) in [5.41, 5.74) is 7.23. The van der Waals surface area contributed by atoms with Crippen LogP contribution >= 0.6 is 11.3 Å². The quantitative estimate of drug-likeness (QED) is 0.182. The number of nitrogens with one attached hydrogen (secondary N) is 4. The first-order chi connectivity index (χ1) is 20.5. The van der Waals surface area contributed by atoms with Gasteiger partial charge in [-0.05, 0) is 61.6 Å². The summed E-state index contributed by atoms with van der Waals surface area (Å²) in [6.07, 6.45) is 1.47. The molecule has 7 N–H and O–H groups in total. The number of ether oxygens (including phenoxy) is 1. The number of amides is 4. The highest BCUT2D eigenvalue weighted by Crippen LogP contribution is 2.28. The minimum absolute atomic E-state index is 0.0657. The molecule has 13 heteroatoms. The Morgan fingerprint density at radius 1 is 1.09 bits per heavy atom. The number of hydrogen-bond acceptors (Lipinski definition) is 9. The van der Waals surface area contributed by atoms with Gasteiger partial charge in [0, 0.05) is 18.3 Å². The van der Waals surface area contributed by atoms with E-state index in [9.17, 15) is 24.3 Å². The Kier molecular flexibility index (Phi) is 10.2. The molecule has 2 aliphatic heterocycles. The Bertz CT molecular complexity index is 1470. The molecule has 0 aliphatic carbocycles. The average molecular weight is 609 g/mol. The number of aromatic nitrogens is 1. The summed E-state index contributed by atoms with van der Waals surface area (Å²) in [4.78, 5) is 56.9. The summed E-state index contributed by atoms with van der Waals surface area (Å²) in [6, 6.07) is 8.25. The van der Waals surface area contributed by atoms with Crippen LogP contribution < -0.4 is 31.7 Å². The van der Waals surface area contributed by atoms with E-state index in [0.29, 0.717) is 36.0 Å². The second-order valence-corrected chi connectivity index (χ2v) is 11.6. The van der Waals surface area contributed by atoms with Gasteiger partial charge in [-0.15, -0.1) is 11.3 Å². The van der Waals surface area contributed by atoms with Crippen LogP contribution in [0, 0.1) is 5.92 Å². The number of nitrogens with two attached hydrogens (primary N) is 1. The van der Waals surface area contributed by atoms with Crippen molar-refractivity contribution in [1.29, 1.82) is 0 Å². The van der Waals surface area contributed by atoms with E-state index in [-0.39, 0.29) is 29.6 Å². The molecule has 4 bridgehead atoms. The first kappa shape index (κ1) is 31.3. The van der Waals surface area contributed by atoms with Crippen molar-refractivity contribution in [3.05, 3.63) is 64.7 Å². The van der Waals surface area contributed by atoms with Gasteiger partial charge in [-0.2, -0.15) is 0 Å². The molecular weight excluding hydrogens is 572 g/mol. The number of carbonyl (C=O) groups is 4. The summed E-state index contributed by atoms with van der Waals surface area (Å²) in [7, 11) is 0. The van der Waals surface area contributed by atoms with Crippen molar-refractivity contribution >= 4 is 40.1 Å². The molecule has 4 amide bonds. The lowest BCUT2D eigenvalue weighted by Gasteiger charge is -2.25. The van der Waals surface area contributed by atoms with Gasteiger partial charge in [-0.25, -0.2) is 4.98 Å². The maximum atomic E-state index is 13.2. The van der Waals surface area contributed by atoms with Crippen molar-refractivity contribution in [2.75, 3.05) is 12.3 Å². The van der Waals surface area contributed by atoms with Gasteiger partial charge in [0.25, 0.3) is 5.91 Å². The van der Waals surface area contributed by atoms with Crippen LogP contribution in [0.15, 0.2) is 47.8 Å². The van der Waals surface area contributed by atoms with Crippen molar-refractivity contribution in [3.63, 3.8) is 0 Å². The molecule has 1 aromatic heterocycles. The van der Waals surface area contributed by atoms with Gasteiger partial charge in [0.15, 0.2) is 5.13 Å². The zero-order valence-corrected chi connectivity index (χ0v) is 25.0. The van der Waals surface area contributed by atoms with Crippen LogP contribution in [0.3, 0.4) is 0 Å². The first-order valence-corrected chi connectivity index (χ1v) is 14.9. The third-order valence-electron chi connectivity index (χ3n) is 6.91. The summed E-state index contributed by atoms with van der Waals surface area (Å²) in [5, 5.41) is 23.6. The lowest BCUT2D eigenvalue weighted by atomic mass is 10.0. The highest BCUT2D eigenvalue weighted by molar-refractivity contribution is 7.13. The average Bonchev–Trinajstić information content (AvgIpc) is 3.39. The van der Waals surface area contributed by atoms with Gasteiger partial charge in [-0.3, -0.25) is 19.2 Å². The molecule has 228 valence electrons. The number of thiazole rings is 1. The molecule has 43 heavy (non-hydrogen) atoms. The molecule has 0 unspecified atom stereocenters. The Morgan fingerprint density at radius 2 is 1.81 bits per heavy atom. The van der Waals surface area contributed by atoms with E-state index in [2.05, 4.69) is 26.3 Å². The molecular formula is C30H36N6O6S. The molecule has 3 heterocycles. The van der Waals surface area contributed by atoms with E-state index in [4.69, 9.17) is 10.5 Å². The summed E-state index contributed by atoms with van der Waals surface area (Å²) in [5.74, 6) is -2.05. The molecule has 3 atom stereocenters. The van der Waals surface area contributed by atoms with E-state index in [0.717, 1.165) is 11.3 Å². The number of phenolic OH excluding ortho intramolecular Hbond substituents is 1. The molecule has 0 saturated carbocycles. The van der Waals surface area contributed by atoms with Crippen molar-refractivity contribution < 1.29 is 29.0 Å². The number of aryl methyl sites for hydroxylation is 1. The summed E-state index contributed by atoms with van der Waals surface area (Å²) >= 11 is 1.36. The topological polar surface area (TPSA) is 185 Å². The van der Waals surface area contributed by atoms with Gasteiger partial charge in [0.1, 0.15) is 35.4 Å². The van der Waals surface area contributed by atoms with Gasteiger partial charge in [0.2, 0.25) is 17.7 Å². The second kappa shape index (κ2) is 14.0. The lowest BCUT2D eigenvalue weighted by Crippen LogP contribution is -2.57. The highest BCUT2D eigenvalue weighted by Gasteiger charge is 2.30. The number of rotatable bonds is 6. The number of anilines is 1. The zero-order valence-electron chi connectivity index (χ0n) is 24.2. The maximum absolute atomic E-state index is 13.2. The van der Waals surface area contributed by atoms with Gasteiger partial charge in [-0.1, -0.05) is 26.0 Å². The Hall–Kier alpha value is -4.65. The zero-order chi connectivity index (χ0) is 31.1. The first-order valence-electron chi connectivity index (χ1n) is 14.0. The van der Waals surface area contributed by atoms with E-state index in [1.807, 2.05) is 5.38 Å². The van der Waals surface area contributed by atoms with Crippen molar-refractivity contribution in [2.45, 2.75) is 58.2 Å². The fraction of sp³-hybridized carbons (Fsp3) is 0.367. The van der Waals surface area contributed by atoms with E-state index >= 15 is 0 Å². The molecule has 12 nitrogen and oxygen atoms in total. The van der Waals surface area contributed by atoms with Crippen molar-refractivity contribution in [3.8, 4) is 17.2 Å². The standard InChI is InChI=1S/C30H36N6O6S/c1-16(2)25-29(41)33-17(3)26(38)35-23(28(40)32-12-4-5-19-15-43-30(31)34-19)13-18-6-8-20(9-7-18)42-21-10-11-24(37)22(14-21)27(39)36-25/h6-11,14-17,23,25,37H,4-5,12-13H2,1-3H3,(H2,31,34)(H,32,40)(H,33,41)(H,35,38)(H,36,39)/t17-,23-,25-/m0/s1. The molecule has 2 aliphatic rings. The number of carbonyl (C=O) groups excluding carboxylic acids is 4. The summed E-state index contributed by atoms with van der Waals surface area (Å²) < 4.78 is 5.89. The van der Waals surface area contributed by atoms with Crippen molar-refractivity contribution in [1.82, 2.24) is 26.3 Å². The SMILES string of the molecule is CC(C)[C@@H]1NC(=O)c2cc(ccc2O)Oc2ccc(cc2)C[C@@H](C(=O)NCCCc2csc(N)n2)NC(=O)[C@H](C)NC1=O. The van der Waals surface area contributed by atoms with Crippen LogP contribution in [0.4, 0.5) is 5.13 Å². The van der Waals surface area contributed by atoms with Crippen LogP contribution in [-0.4, -0.2) is 58.4 Å². The lowest BCUT2D eigenvalue weighted by molar-refractivity contribution is -0.132. The molecule has 3 aromatic rings. The number of phenols is 1. The maximum Gasteiger partial charge on any atom is 0.255 e. The van der Waals surface area contributed by atoms with Gasteiger partial charge in [0.05, 0.1) is 11.3 Å². The van der Waals surface area contributed by atoms with Crippen LogP contribution in [0.2, 0.25) is 0 Å². The molecule has 5 rings (SSSR count). The monoisotopic (exact) mass is 608 g/mol. The Labute approximate surface area is 253 Å². The highest BCUT2D eigenvalue weighted by atomic mass is 32.1. The normalized spacial score (nSPS) is 19.4. The minimum atomic E-state index is -1.01. The predicted molar refractivity (Wildman–Crippen MR) is 162 cm³/mol. The third kappa shape index (κ3) is 8.44.